The van der Waals surface area contributed by atoms with E-state index in [1.54, 1.807) is 11.9 Å². The summed E-state index contributed by atoms with van der Waals surface area (Å²) in [5.74, 6) is -0.133. The van der Waals surface area contributed by atoms with Gasteiger partial charge in [0.05, 0.1) is 18.2 Å². The highest BCUT2D eigenvalue weighted by molar-refractivity contribution is 5.41. The van der Waals surface area contributed by atoms with Crippen molar-refractivity contribution in [3.63, 3.8) is 0 Å². The molecule has 1 aromatic rings. The lowest BCUT2D eigenvalue weighted by Crippen LogP contribution is -2.30. The van der Waals surface area contributed by atoms with Crippen molar-refractivity contribution in [2.75, 3.05) is 11.9 Å². The van der Waals surface area contributed by atoms with Crippen LogP contribution in [-0.2, 0) is 6.42 Å². The van der Waals surface area contributed by atoms with Crippen LogP contribution in [-0.4, -0.2) is 23.1 Å². The number of aryl methyl sites for hydroxylation is 1. The summed E-state index contributed by atoms with van der Waals surface area (Å²) in [6, 6.07) is 1.99. The van der Waals surface area contributed by atoms with Crippen molar-refractivity contribution in [1.82, 2.24) is 9.97 Å². The van der Waals surface area contributed by atoms with Crippen LogP contribution >= 0.6 is 0 Å². The van der Waals surface area contributed by atoms with Crippen molar-refractivity contribution < 1.29 is 4.39 Å². The van der Waals surface area contributed by atoms with E-state index >= 15 is 0 Å². The molecule has 1 aromatic heterocycles. The quantitative estimate of drug-likeness (QED) is 0.781. The maximum Gasteiger partial charge on any atom is 0.187 e. The Morgan fingerprint density at radius 1 is 1.56 bits per heavy atom. The largest absolute Gasteiger partial charge is 0.353 e. The van der Waals surface area contributed by atoms with Crippen molar-refractivity contribution in [3.8, 4) is 6.07 Å². The number of halogens is 1. The van der Waals surface area contributed by atoms with Crippen molar-refractivity contribution in [3.05, 3.63) is 17.8 Å². The number of hydrogen-bond acceptors (Lipinski definition) is 4. The van der Waals surface area contributed by atoms with E-state index in [9.17, 15) is 4.39 Å². The molecule has 0 radical (unpaired) electrons. The molecular weight excluding hydrogens is 207 g/mol. The highest BCUT2D eigenvalue weighted by Gasteiger charge is 2.17. The van der Waals surface area contributed by atoms with Gasteiger partial charge in [0.15, 0.2) is 11.6 Å². The summed E-state index contributed by atoms with van der Waals surface area (Å²) in [6.07, 6.45) is 2.22. The predicted molar refractivity (Wildman–Crippen MR) is 59.5 cm³/mol. The zero-order valence-electron chi connectivity index (χ0n) is 9.74. The molecule has 0 amide bonds. The molecule has 5 heteroatoms. The van der Waals surface area contributed by atoms with Crippen LogP contribution < -0.4 is 4.90 Å². The molecule has 0 spiro atoms. The van der Waals surface area contributed by atoms with Crippen molar-refractivity contribution in [2.45, 2.75) is 32.7 Å². The van der Waals surface area contributed by atoms with Gasteiger partial charge in [0.2, 0.25) is 0 Å². The van der Waals surface area contributed by atoms with Gasteiger partial charge < -0.3 is 4.90 Å². The fourth-order valence-electron chi connectivity index (χ4n) is 1.37. The minimum absolute atomic E-state index is 0.0703. The van der Waals surface area contributed by atoms with Gasteiger partial charge in [-0.25, -0.2) is 14.4 Å². The minimum atomic E-state index is -0.391. The summed E-state index contributed by atoms with van der Waals surface area (Å²) < 4.78 is 13.9. The molecule has 0 aliphatic rings. The van der Waals surface area contributed by atoms with E-state index in [-0.39, 0.29) is 11.9 Å². The molecule has 0 aliphatic carbocycles. The molecular formula is C11H15FN4. The Kier molecular flexibility index (Phi) is 4.18. The number of rotatable bonds is 4. The third-order valence-corrected chi connectivity index (χ3v) is 2.56. The fraction of sp³-hybridized carbons (Fsp3) is 0.545. The highest BCUT2D eigenvalue weighted by Crippen LogP contribution is 2.19. The number of hydrogen-bond donors (Lipinski definition) is 0. The molecule has 0 aliphatic heterocycles. The molecule has 0 fully saturated rings. The topological polar surface area (TPSA) is 52.8 Å². The monoisotopic (exact) mass is 222 g/mol. The second-order valence-electron chi connectivity index (χ2n) is 3.63. The first-order chi connectivity index (χ1) is 7.61. The predicted octanol–water partition coefficient (Wildman–Crippen LogP) is 1.92. The van der Waals surface area contributed by atoms with Gasteiger partial charge in [-0.15, -0.1) is 0 Å². The number of anilines is 1. The average molecular weight is 222 g/mol. The second-order valence-corrected chi connectivity index (χ2v) is 3.63. The van der Waals surface area contributed by atoms with Crippen LogP contribution in [0.1, 0.15) is 26.0 Å². The van der Waals surface area contributed by atoms with Crippen LogP contribution in [0.15, 0.2) is 6.33 Å². The first-order valence-corrected chi connectivity index (χ1v) is 5.21. The molecule has 16 heavy (non-hydrogen) atoms. The van der Waals surface area contributed by atoms with Gasteiger partial charge in [-0.05, 0) is 13.3 Å². The van der Waals surface area contributed by atoms with Gasteiger partial charge in [0.1, 0.15) is 6.33 Å². The summed E-state index contributed by atoms with van der Waals surface area (Å²) in [5, 5.41) is 8.60. The van der Waals surface area contributed by atoms with Crippen molar-refractivity contribution in [2.24, 2.45) is 0 Å². The number of nitrogens with zero attached hydrogens (tertiary/aromatic N) is 4. The normalized spacial score (nSPS) is 11.9. The van der Waals surface area contributed by atoms with Crippen LogP contribution in [0.25, 0.3) is 0 Å². The van der Waals surface area contributed by atoms with E-state index < -0.39 is 5.82 Å². The molecule has 0 bridgehead atoms. The Bertz CT molecular complexity index is 399. The maximum absolute atomic E-state index is 13.9. The summed E-state index contributed by atoms with van der Waals surface area (Å²) in [4.78, 5) is 9.45. The smallest absolute Gasteiger partial charge is 0.187 e. The molecule has 1 unspecified atom stereocenters. The van der Waals surface area contributed by atoms with Crippen LogP contribution in [0.2, 0.25) is 0 Å². The average Bonchev–Trinajstić information content (AvgIpc) is 2.29. The molecule has 0 saturated carbocycles. The van der Waals surface area contributed by atoms with E-state index in [2.05, 4.69) is 16.0 Å². The third-order valence-electron chi connectivity index (χ3n) is 2.56. The van der Waals surface area contributed by atoms with Crippen LogP contribution in [0, 0.1) is 17.1 Å². The van der Waals surface area contributed by atoms with Gasteiger partial charge in [-0.1, -0.05) is 6.92 Å². The molecule has 1 atom stereocenters. The van der Waals surface area contributed by atoms with Crippen LogP contribution in [0.3, 0.4) is 0 Å². The summed E-state index contributed by atoms with van der Waals surface area (Å²) >= 11 is 0. The van der Waals surface area contributed by atoms with E-state index in [0.29, 0.717) is 18.5 Å². The zero-order chi connectivity index (χ0) is 12.1. The van der Waals surface area contributed by atoms with E-state index in [1.165, 1.54) is 6.33 Å². The van der Waals surface area contributed by atoms with E-state index in [4.69, 9.17) is 5.26 Å². The molecule has 86 valence electrons. The zero-order valence-corrected chi connectivity index (χ0v) is 9.74. The lowest BCUT2D eigenvalue weighted by atomic mass is 10.2. The van der Waals surface area contributed by atoms with Gasteiger partial charge in [-0.3, -0.25) is 0 Å². The SMILES string of the molecule is CCc1ncnc(N(C)C(C)CC#N)c1F. The first kappa shape index (κ1) is 12.4. The van der Waals surface area contributed by atoms with Crippen LogP contribution in [0.4, 0.5) is 10.2 Å². The molecule has 1 rings (SSSR count). The Balaban J connectivity index is 3.00. The van der Waals surface area contributed by atoms with Gasteiger partial charge in [0, 0.05) is 13.1 Å². The van der Waals surface area contributed by atoms with Gasteiger partial charge >= 0.3 is 0 Å². The Morgan fingerprint density at radius 3 is 2.81 bits per heavy atom. The Labute approximate surface area is 94.7 Å². The van der Waals surface area contributed by atoms with E-state index in [0.717, 1.165) is 0 Å². The molecule has 0 aromatic carbocycles. The Morgan fingerprint density at radius 2 is 2.25 bits per heavy atom. The third kappa shape index (κ3) is 2.45. The summed E-state index contributed by atoms with van der Waals surface area (Å²) in [7, 11) is 1.73. The second kappa shape index (κ2) is 5.40. The molecule has 0 saturated heterocycles. The highest BCUT2D eigenvalue weighted by atomic mass is 19.1. The van der Waals surface area contributed by atoms with E-state index in [1.807, 2.05) is 13.8 Å². The number of nitriles is 1. The van der Waals surface area contributed by atoms with Crippen molar-refractivity contribution in [1.29, 1.82) is 5.26 Å². The Hall–Kier alpha value is -1.70. The summed E-state index contributed by atoms with van der Waals surface area (Å²) in [6.45, 7) is 3.70. The number of aromatic nitrogens is 2. The lowest BCUT2D eigenvalue weighted by molar-refractivity contribution is 0.575. The summed E-state index contributed by atoms with van der Waals surface area (Å²) in [5.41, 5.74) is 0.404. The maximum atomic E-state index is 13.9. The van der Waals surface area contributed by atoms with Crippen LogP contribution in [0.5, 0.6) is 0 Å². The van der Waals surface area contributed by atoms with Gasteiger partial charge in [-0.2, -0.15) is 5.26 Å². The van der Waals surface area contributed by atoms with Gasteiger partial charge in [0.25, 0.3) is 0 Å². The fourth-order valence-corrected chi connectivity index (χ4v) is 1.37. The standard InChI is InChI=1S/C11H15FN4/c1-4-9-10(12)11(15-7-14-9)16(3)8(2)5-6-13/h7-8H,4-5H2,1-3H3. The molecule has 0 N–H and O–H groups in total. The first-order valence-electron chi connectivity index (χ1n) is 5.21. The molecule has 1 heterocycles. The molecule has 4 nitrogen and oxygen atoms in total. The van der Waals surface area contributed by atoms with Crippen molar-refractivity contribution >= 4 is 5.82 Å². The minimum Gasteiger partial charge on any atom is -0.353 e. The lowest BCUT2D eigenvalue weighted by Gasteiger charge is -2.24.